The van der Waals surface area contributed by atoms with Gasteiger partial charge < -0.3 is 0 Å². The second kappa shape index (κ2) is 2.96. The standard InChI is InChI=1S/C12H10ClN/c13-12-10-6-3-5-8(10)9-4-1-2-7-11(9)14-12/h1-2,4,7H,3,5-6H2. The predicted molar refractivity (Wildman–Crippen MR) is 58.8 cm³/mol. The highest BCUT2D eigenvalue weighted by Crippen LogP contribution is 2.32. The van der Waals surface area contributed by atoms with E-state index in [9.17, 15) is 0 Å². The number of fused-ring (bicyclic) bond motifs is 3. The van der Waals surface area contributed by atoms with Crippen molar-refractivity contribution < 1.29 is 0 Å². The van der Waals surface area contributed by atoms with Crippen LogP contribution in [0, 0.1) is 0 Å². The summed E-state index contributed by atoms with van der Waals surface area (Å²) in [5.74, 6) is 0. The highest BCUT2D eigenvalue weighted by Gasteiger charge is 2.17. The summed E-state index contributed by atoms with van der Waals surface area (Å²) >= 11 is 6.14. The van der Waals surface area contributed by atoms with E-state index in [4.69, 9.17) is 11.6 Å². The van der Waals surface area contributed by atoms with E-state index < -0.39 is 0 Å². The van der Waals surface area contributed by atoms with Crippen molar-refractivity contribution in [1.82, 2.24) is 4.98 Å². The minimum absolute atomic E-state index is 0.705. The number of hydrogen-bond acceptors (Lipinski definition) is 1. The van der Waals surface area contributed by atoms with Gasteiger partial charge in [0.15, 0.2) is 0 Å². The molecule has 0 amide bonds. The minimum Gasteiger partial charge on any atom is -0.236 e. The Balaban J connectivity index is 2.46. The van der Waals surface area contributed by atoms with E-state index in [0.717, 1.165) is 18.4 Å². The maximum absolute atomic E-state index is 6.14. The quantitative estimate of drug-likeness (QED) is 0.599. The summed E-state index contributed by atoms with van der Waals surface area (Å²) in [6, 6.07) is 8.24. The van der Waals surface area contributed by atoms with Crippen LogP contribution in [0.2, 0.25) is 5.15 Å². The van der Waals surface area contributed by atoms with Gasteiger partial charge in [0.1, 0.15) is 5.15 Å². The topological polar surface area (TPSA) is 12.9 Å². The van der Waals surface area contributed by atoms with Gasteiger partial charge in [-0.25, -0.2) is 4.98 Å². The summed E-state index contributed by atoms with van der Waals surface area (Å²) in [4.78, 5) is 4.41. The van der Waals surface area contributed by atoms with E-state index >= 15 is 0 Å². The van der Waals surface area contributed by atoms with E-state index in [2.05, 4.69) is 17.1 Å². The predicted octanol–water partition coefficient (Wildman–Crippen LogP) is 3.38. The molecule has 14 heavy (non-hydrogen) atoms. The molecule has 0 spiro atoms. The summed E-state index contributed by atoms with van der Waals surface area (Å²) < 4.78 is 0. The molecule has 0 atom stereocenters. The monoisotopic (exact) mass is 203 g/mol. The van der Waals surface area contributed by atoms with Crippen molar-refractivity contribution in [3.8, 4) is 0 Å². The lowest BCUT2D eigenvalue weighted by molar-refractivity contribution is 0.912. The van der Waals surface area contributed by atoms with Crippen molar-refractivity contribution in [3.63, 3.8) is 0 Å². The summed E-state index contributed by atoms with van der Waals surface area (Å²) in [6.45, 7) is 0. The Morgan fingerprint density at radius 3 is 2.79 bits per heavy atom. The van der Waals surface area contributed by atoms with E-state index in [0.29, 0.717) is 5.15 Å². The maximum atomic E-state index is 6.14. The first-order valence-electron chi connectivity index (χ1n) is 4.92. The first kappa shape index (κ1) is 8.25. The smallest absolute Gasteiger partial charge is 0.133 e. The molecule has 3 rings (SSSR count). The van der Waals surface area contributed by atoms with Crippen LogP contribution in [-0.2, 0) is 12.8 Å². The van der Waals surface area contributed by atoms with Gasteiger partial charge in [0.25, 0.3) is 0 Å². The summed E-state index contributed by atoms with van der Waals surface area (Å²) in [5.41, 5.74) is 3.71. The molecule has 70 valence electrons. The SMILES string of the molecule is Clc1nc2ccccc2c2c1CCC2. The molecule has 0 fully saturated rings. The van der Waals surface area contributed by atoms with Crippen LogP contribution in [0.4, 0.5) is 0 Å². The Kier molecular flexibility index (Phi) is 1.74. The molecule has 1 aromatic carbocycles. The van der Waals surface area contributed by atoms with Crippen LogP contribution in [0.1, 0.15) is 17.5 Å². The third-order valence-electron chi connectivity index (χ3n) is 2.91. The number of aryl methyl sites for hydroxylation is 1. The molecule has 0 aliphatic heterocycles. The molecule has 0 unspecified atom stereocenters. The van der Waals surface area contributed by atoms with Crippen LogP contribution >= 0.6 is 11.6 Å². The molecule has 0 radical (unpaired) electrons. The molecule has 0 bridgehead atoms. The number of hydrogen-bond donors (Lipinski definition) is 0. The summed E-state index contributed by atoms with van der Waals surface area (Å²) in [5, 5.41) is 1.99. The normalized spacial score (nSPS) is 14.6. The second-order valence-electron chi connectivity index (χ2n) is 3.73. The van der Waals surface area contributed by atoms with Gasteiger partial charge in [-0.2, -0.15) is 0 Å². The highest BCUT2D eigenvalue weighted by atomic mass is 35.5. The van der Waals surface area contributed by atoms with E-state index in [1.54, 1.807) is 0 Å². The molecule has 1 heterocycles. The number of nitrogens with zero attached hydrogens (tertiary/aromatic N) is 1. The Bertz CT molecular complexity index is 505. The largest absolute Gasteiger partial charge is 0.236 e. The summed E-state index contributed by atoms with van der Waals surface area (Å²) in [7, 11) is 0. The number of halogens is 1. The molecule has 1 aromatic heterocycles. The molecular formula is C12H10ClN. The molecule has 0 saturated carbocycles. The van der Waals surface area contributed by atoms with Crippen LogP contribution in [-0.4, -0.2) is 4.98 Å². The first-order valence-corrected chi connectivity index (χ1v) is 5.30. The molecule has 1 aliphatic rings. The molecule has 2 heteroatoms. The zero-order chi connectivity index (χ0) is 9.54. The fraction of sp³-hybridized carbons (Fsp3) is 0.250. The van der Waals surface area contributed by atoms with E-state index in [1.165, 1.54) is 22.9 Å². The third kappa shape index (κ3) is 1.05. The van der Waals surface area contributed by atoms with Gasteiger partial charge in [-0.3, -0.25) is 0 Å². The average Bonchev–Trinajstić information content (AvgIpc) is 2.67. The Hall–Kier alpha value is -1.08. The molecule has 1 nitrogen and oxygen atoms in total. The summed E-state index contributed by atoms with van der Waals surface area (Å²) in [6.07, 6.45) is 3.45. The Morgan fingerprint density at radius 1 is 1.07 bits per heavy atom. The number of para-hydroxylation sites is 1. The minimum atomic E-state index is 0.705. The van der Waals surface area contributed by atoms with Gasteiger partial charge in [0.2, 0.25) is 0 Å². The lowest BCUT2D eigenvalue weighted by atomic mass is 10.1. The van der Waals surface area contributed by atoms with Crippen LogP contribution in [0.15, 0.2) is 24.3 Å². The molecule has 0 saturated heterocycles. The third-order valence-corrected chi connectivity index (χ3v) is 3.23. The van der Waals surface area contributed by atoms with Crippen molar-refractivity contribution in [2.75, 3.05) is 0 Å². The number of rotatable bonds is 0. The zero-order valence-corrected chi connectivity index (χ0v) is 8.51. The lowest BCUT2D eigenvalue weighted by Crippen LogP contribution is -1.90. The molecule has 2 aromatic rings. The number of pyridine rings is 1. The van der Waals surface area contributed by atoms with Gasteiger partial charge in [-0.15, -0.1) is 0 Å². The molecule has 0 N–H and O–H groups in total. The van der Waals surface area contributed by atoms with Crippen LogP contribution in [0.25, 0.3) is 10.9 Å². The Labute approximate surface area is 87.7 Å². The van der Waals surface area contributed by atoms with Crippen LogP contribution in [0.5, 0.6) is 0 Å². The average molecular weight is 204 g/mol. The van der Waals surface area contributed by atoms with Gasteiger partial charge >= 0.3 is 0 Å². The fourth-order valence-electron chi connectivity index (χ4n) is 2.27. The van der Waals surface area contributed by atoms with Gasteiger partial charge in [0.05, 0.1) is 5.52 Å². The van der Waals surface area contributed by atoms with Crippen molar-refractivity contribution in [2.24, 2.45) is 0 Å². The van der Waals surface area contributed by atoms with Gasteiger partial charge in [0, 0.05) is 5.39 Å². The lowest BCUT2D eigenvalue weighted by Gasteiger charge is -2.05. The molecular weight excluding hydrogens is 194 g/mol. The van der Waals surface area contributed by atoms with Crippen molar-refractivity contribution in [1.29, 1.82) is 0 Å². The first-order chi connectivity index (χ1) is 6.86. The number of aromatic nitrogens is 1. The van der Waals surface area contributed by atoms with Crippen LogP contribution < -0.4 is 0 Å². The van der Waals surface area contributed by atoms with Crippen molar-refractivity contribution >= 4 is 22.5 Å². The van der Waals surface area contributed by atoms with Crippen molar-refractivity contribution in [3.05, 3.63) is 40.5 Å². The van der Waals surface area contributed by atoms with Crippen molar-refractivity contribution in [2.45, 2.75) is 19.3 Å². The molecule has 1 aliphatic carbocycles. The van der Waals surface area contributed by atoms with Crippen LogP contribution in [0.3, 0.4) is 0 Å². The van der Waals surface area contributed by atoms with Gasteiger partial charge in [-0.1, -0.05) is 29.8 Å². The maximum Gasteiger partial charge on any atom is 0.133 e. The Morgan fingerprint density at radius 2 is 1.86 bits per heavy atom. The van der Waals surface area contributed by atoms with Gasteiger partial charge in [-0.05, 0) is 36.5 Å². The zero-order valence-electron chi connectivity index (χ0n) is 7.76. The number of benzene rings is 1. The highest BCUT2D eigenvalue weighted by molar-refractivity contribution is 6.30. The van der Waals surface area contributed by atoms with E-state index in [-0.39, 0.29) is 0 Å². The fourth-order valence-corrected chi connectivity index (χ4v) is 2.57. The van der Waals surface area contributed by atoms with E-state index in [1.807, 2.05) is 12.1 Å². The second-order valence-corrected chi connectivity index (χ2v) is 4.09.